The average molecular weight is 1750 g/mol. The minimum atomic E-state index is 0.386. The first-order valence-corrected chi connectivity index (χ1v) is 50.8. The number of rotatable bonds is 80. The predicted octanol–water partition coefficient (Wildman–Crippen LogP) is 33.2. The molecule has 2 aliphatic heterocycles. The Morgan fingerprint density at radius 2 is 0.305 bits per heavy atom. The number of unbranched alkanes of at least 4 members (excludes halogenated alkanes) is 48. The van der Waals surface area contributed by atoms with E-state index in [0.29, 0.717) is 189 Å². The summed E-state index contributed by atoms with van der Waals surface area (Å²) in [6, 6.07) is 16.4. The maximum absolute atomic E-state index is 7.16. The van der Waals surface area contributed by atoms with Gasteiger partial charge in [0.2, 0.25) is 0 Å². The molecule has 698 valence electrons. The molecule has 0 aliphatic carbocycles. The number of allylic oxidation sites excluding steroid dienone is 8. The first kappa shape index (κ1) is 102. The molecule has 7 aromatic rings. The molecule has 2 N–H and O–H groups in total. The summed E-state index contributed by atoms with van der Waals surface area (Å²) in [5.41, 5.74) is 4.60. The van der Waals surface area contributed by atoms with E-state index in [4.69, 9.17) is 67.8 Å². The van der Waals surface area contributed by atoms with Gasteiger partial charge in [-0.15, -0.1) is 52.6 Å². The van der Waals surface area contributed by atoms with Crippen molar-refractivity contribution in [1.29, 1.82) is 0 Å². The van der Waals surface area contributed by atoms with E-state index in [0.717, 1.165) is 257 Å². The molecule has 9 rings (SSSR count). The van der Waals surface area contributed by atoms with Gasteiger partial charge in [0.05, 0.1) is 96.7 Å². The van der Waals surface area contributed by atoms with Crippen molar-refractivity contribution in [3.05, 3.63) is 150 Å². The van der Waals surface area contributed by atoms with Crippen molar-refractivity contribution in [3.63, 3.8) is 0 Å². The number of H-pyrrole nitrogens is 2. The smallest absolute Gasteiger partial charge is 0.168 e. The summed E-state index contributed by atoms with van der Waals surface area (Å²) in [6.07, 6.45) is 76.7. The highest BCUT2D eigenvalue weighted by molar-refractivity contribution is 6.13. The number of hydrogen-bond donors (Lipinski definition) is 2. The normalized spacial score (nSPS) is 11.5. The first-order chi connectivity index (χ1) is 63.4. The average Bonchev–Trinajstić information content (AvgIpc) is 1.57. The minimum absolute atomic E-state index is 0.386. The van der Waals surface area contributed by atoms with E-state index >= 15 is 0 Å². The number of aromatic nitrogens is 8. The summed E-state index contributed by atoms with van der Waals surface area (Å²) in [5, 5.41) is 2.82. The van der Waals surface area contributed by atoms with Crippen LogP contribution in [0, 0.1) is 0 Å². The number of aromatic amines is 2. The standard InChI is InChI=1S/C112H162N8O8/c1-9-17-25-33-41-49-57-65-81-121-89-73-74-90(122-82-66-58-50-42-34-26-18-10-2)98-97(89)105-113-106(98)118-108-101-93(125-85-69-61-53-45-37-29-21-13-5)77-78-94(126-86-70-62-54-46-38-30-22-14-6)102(101)110(115-108)120-112-104-96(128-88-72-64-56-48-40-32-24-16-8)80-79-95(127-87-71-63-55-47-39-31-23-15-7)103(104)111(116-112)119-109-100-92(124-84-68-60-52-44-36-28-20-12-4)76-75-91(99(100)107(114-109)117-105)123-83-67-59-51-43-35-27-19-11-3/h9-16,73-80H,1-8,17-72,81-88H2,(H2,113,114,115,116,117,118,119,120). The second-order valence-electron chi connectivity index (χ2n) is 35.2. The first-order valence-electron chi connectivity index (χ1n) is 50.8. The number of fused-ring (bicyclic) bond motifs is 20. The second kappa shape index (κ2) is 63.5. The zero-order chi connectivity index (χ0) is 89.7. The summed E-state index contributed by atoms with van der Waals surface area (Å²) in [5.74, 6) is 6.65. The largest absolute Gasteiger partial charge is 0.493 e. The van der Waals surface area contributed by atoms with Crippen LogP contribution in [0.4, 0.5) is 0 Å². The van der Waals surface area contributed by atoms with Gasteiger partial charge in [-0.25, -0.2) is 29.9 Å². The van der Waals surface area contributed by atoms with Crippen LogP contribution >= 0.6 is 0 Å². The van der Waals surface area contributed by atoms with Gasteiger partial charge >= 0.3 is 0 Å². The van der Waals surface area contributed by atoms with Crippen LogP contribution in [0.2, 0.25) is 0 Å². The quantitative estimate of drug-likeness (QED) is 0.0271. The fraction of sp³-hybridized carbons (Fsp3) is 0.571. The summed E-state index contributed by atoms with van der Waals surface area (Å²) in [4.78, 5) is 42.8. The molecule has 8 bridgehead atoms. The summed E-state index contributed by atoms with van der Waals surface area (Å²) in [6.45, 7) is 35.7. The fourth-order valence-corrected chi connectivity index (χ4v) is 17.3. The van der Waals surface area contributed by atoms with Crippen molar-refractivity contribution in [1.82, 2.24) is 39.9 Å². The molecule has 0 radical (unpaired) electrons. The van der Waals surface area contributed by atoms with Crippen LogP contribution in [0.3, 0.4) is 0 Å². The van der Waals surface area contributed by atoms with Crippen LogP contribution in [0.1, 0.15) is 360 Å². The topological polar surface area (TPSA) is 183 Å². The van der Waals surface area contributed by atoms with Gasteiger partial charge in [0.1, 0.15) is 68.6 Å². The van der Waals surface area contributed by atoms with Gasteiger partial charge in [0.15, 0.2) is 23.3 Å². The lowest BCUT2D eigenvalue weighted by Gasteiger charge is -2.15. The number of hydrogen-bond acceptors (Lipinski definition) is 14. The third-order valence-corrected chi connectivity index (χ3v) is 24.6. The van der Waals surface area contributed by atoms with Crippen molar-refractivity contribution in [2.24, 2.45) is 0 Å². The Labute approximate surface area is 771 Å². The molecule has 128 heavy (non-hydrogen) atoms. The molecular weight excluding hydrogens is 1590 g/mol. The second-order valence-corrected chi connectivity index (χ2v) is 35.2. The molecule has 2 aliphatic rings. The minimum Gasteiger partial charge on any atom is -0.493 e. The third-order valence-electron chi connectivity index (χ3n) is 24.6. The van der Waals surface area contributed by atoms with Gasteiger partial charge in [-0.3, -0.25) is 0 Å². The highest BCUT2D eigenvalue weighted by atomic mass is 16.5. The Bertz CT molecular complexity index is 4030. The highest BCUT2D eigenvalue weighted by Gasteiger charge is 2.33. The fourth-order valence-electron chi connectivity index (χ4n) is 17.3. The molecule has 0 fully saturated rings. The molecule has 0 atom stereocenters. The van der Waals surface area contributed by atoms with Crippen LogP contribution in [0.25, 0.3) is 89.7 Å². The monoisotopic (exact) mass is 1750 g/mol. The van der Waals surface area contributed by atoms with Crippen molar-refractivity contribution in [2.75, 3.05) is 52.9 Å². The van der Waals surface area contributed by atoms with Crippen LogP contribution in [0.15, 0.2) is 150 Å². The number of nitrogens with zero attached hydrogens (tertiary/aromatic N) is 6. The van der Waals surface area contributed by atoms with Crippen molar-refractivity contribution in [2.45, 2.75) is 360 Å². The molecule has 0 saturated carbocycles. The van der Waals surface area contributed by atoms with Crippen LogP contribution in [0.5, 0.6) is 46.0 Å². The predicted molar refractivity (Wildman–Crippen MR) is 540 cm³/mol. The lowest BCUT2D eigenvalue weighted by Crippen LogP contribution is -2.03. The van der Waals surface area contributed by atoms with Crippen molar-refractivity contribution < 1.29 is 37.9 Å². The Morgan fingerprint density at radius 1 is 0.172 bits per heavy atom. The number of benzene rings is 4. The van der Waals surface area contributed by atoms with Crippen molar-refractivity contribution >= 4 is 44.1 Å². The van der Waals surface area contributed by atoms with E-state index < -0.39 is 0 Å². The van der Waals surface area contributed by atoms with E-state index in [1.807, 2.05) is 48.6 Å². The van der Waals surface area contributed by atoms with E-state index in [1.54, 1.807) is 0 Å². The Kier molecular flexibility index (Phi) is 50.8. The Balaban J connectivity index is 1.35. The van der Waals surface area contributed by atoms with E-state index in [2.05, 4.69) is 111 Å². The zero-order valence-corrected chi connectivity index (χ0v) is 79.1. The molecule has 3 aromatic heterocycles. The molecule has 4 aromatic carbocycles. The zero-order valence-electron chi connectivity index (χ0n) is 79.1. The van der Waals surface area contributed by atoms with Crippen LogP contribution in [-0.4, -0.2) is 92.7 Å². The van der Waals surface area contributed by atoms with Gasteiger partial charge in [0, 0.05) is 0 Å². The van der Waals surface area contributed by atoms with Gasteiger partial charge in [-0.2, -0.15) is 0 Å². The van der Waals surface area contributed by atoms with Gasteiger partial charge in [0.25, 0.3) is 0 Å². The maximum Gasteiger partial charge on any atom is 0.168 e. The highest BCUT2D eigenvalue weighted by Crippen LogP contribution is 2.51. The molecule has 0 amide bonds. The lowest BCUT2D eigenvalue weighted by molar-refractivity contribution is 0.298. The van der Waals surface area contributed by atoms with Gasteiger partial charge < -0.3 is 47.9 Å². The van der Waals surface area contributed by atoms with Crippen molar-refractivity contribution in [3.8, 4) is 91.5 Å². The molecular formula is C112H162N8O8. The Morgan fingerprint density at radius 3 is 0.461 bits per heavy atom. The molecule has 0 unspecified atom stereocenters. The van der Waals surface area contributed by atoms with Gasteiger partial charge in [-0.05, 0) is 203 Å². The molecule has 0 saturated heterocycles. The summed E-state index contributed by atoms with van der Waals surface area (Å²) >= 11 is 0. The molecule has 16 nitrogen and oxygen atoms in total. The Hall–Kier alpha value is -9.44. The number of ether oxygens (including phenoxy) is 8. The molecule has 0 spiro atoms. The van der Waals surface area contributed by atoms with Crippen LogP contribution in [-0.2, 0) is 0 Å². The molecule has 5 heterocycles. The van der Waals surface area contributed by atoms with E-state index in [9.17, 15) is 0 Å². The SMILES string of the molecule is C=CCCCCCCCCOc1ccc(OCCCCCCCCC=C)c2c1-c1nc-2nc2[nH]c(nc3nc(nc4[nH]c(n1)c1c(OCCCCCCCCC=C)ccc(OCCCCCCCCC=C)c41)-c1c(OCCCCCCCCC=C)ccc(OCCCCCCCCC=C)c1-3)c1c(OCCCCCCCCC=C)ccc(OCCCCCCCCC=C)c21. The third kappa shape index (κ3) is 35.1. The molecule has 16 heteroatoms. The lowest BCUT2D eigenvalue weighted by atomic mass is 10.1. The van der Waals surface area contributed by atoms with Crippen LogP contribution < -0.4 is 37.9 Å². The van der Waals surface area contributed by atoms with Gasteiger partial charge in [-0.1, -0.05) is 254 Å². The van der Waals surface area contributed by atoms with E-state index in [-0.39, 0.29) is 0 Å². The summed E-state index contributed by atoms with van der Waals surface area (Å²) < 4.78 is 57.3. The number of nitrogens with one attached hydrogen (secondary N) is 2. The maximum atomic E-state index is 7.16. The summed E-state index contributed by atoms with van der Waals surface area (Å²) in [7, 11) is 0. The van der Waals surface area contributed by atoms with E-state index in [1.165, 1.54) is 103 Å².